The molecule has 7 heteroatoms. The maximum Gasteiger partial charge on any atom is 0.262 e. The van der Waals surface area contributed by atoms with Gasteiger partial charge in [-0.3, -0.25) is 9.59 Å². The minimum atomic E-state index is -0.174. The van der Waals surface area contributed by atoms with Gasteiger partial charge in [0.25, 0.3) is 5.91 Å². The Morgan fingerprint density at radius 1 is 1.25 bits per heavy atom. The molecule has 0 saturated heterocycles. The van der Waals surface area contributed by atoms with Crippen LogP contribution in [0.2, 0.25) is 0 Å². The molecular formula is C21H19N3O3S. The van der Waals surface area contributed by atoms with Crippen LogP contribution in [0.3, 0.4) is 0 Å². The molecule has 1 aliphatic heterocycles. The van der Waals surface area contributed by atoms with Crippen molar-refractivity contribution in [3.05, 3.63) is 58.4 Å². The van der Waals surface area contributed by atoms with Crippen LogP contribution in [-0.4, -0.2) is 23.4 Å². The predicted molar refractivity (Wildman–Crippen MR) is 110 cm³/mol. The third kappa shape index (κ3) is 4.04. The third-order valence-electron chi connectivity index (χ3n) is 4.42. The first-order chi connectivity index (χ1) is 13.6. The molecule has 2 heterocycles. The van der Waals surface area contributed by atoms with Crippen LogP contribution in [0.15, 0.2) is 47.8 Å². The van der Waals surface area contributed by atoms with Gasteiger partial charge in [-0.15, -0.1) is 11.3 Å². The van der Waals surface area contributed by atoms with Crippen LogP contribution in [0.4, 0.5) is 11.4 Å². The van der Waals surface area contributed by atoms with Crippen molar-refractivity contribution >= 4 is 34.5 Å². The summed E-state index contributed by atoms with van der Waals surface area (Å²) >= 11 is 1.44. The smallest absolute Gasteiger partial charge is 0.262 e. The highest BCUT2D eigenvalue weighted by atomic mass is 32.1. The van der Waals surface area contributed by atoms with Gasteiger partial charge in [-0.2, -0.15) is 0 Å². The van der Waals surface area contributed by atoms with E-state index in [0.717, 1.165) is 28.4 Å². The minimum Gasteiger partial charge on any atom is -0.482 e. The third-order valence-corrected chi connectivity index (χ3v) is 5.27. The highest BCUT2D eigenvalue weighted by Crippen LogP contribution is 2.33. The van der Waals surface area contributed by atoms with Gasteiger partial charge in [-0.05, 0) is 42.3 Å². The summed E-state index contributed by atoms with van der Waals surface area (Å²) in [5.74, 6) is 0.371. The van der Waals surface area contributed by atoms with Gasteiger partial charge in [0, 0.05) is 16.6 Å². The van der Waals surface area contributed by atoms with Crippen molar-refractivity contribution < 1.29 is 14.3 Å². The number of rotatable bonds is 5. The molecule has 2 N–H and O–H groups in total. The van der Waals surface area contributed by atoms with Gasteiger partial charge in [0.15, 0.2) is 6.61 Å². The van der Waals surface area contributed by atoms with Gasteiger partial charge >= 0.3 is 0 Å². The summed E-state index contributed by atoms with van der Waals surface area (Å²) in [5.41, 5.74) is 4.28. The van der Waals surface area contributed by atoms with Crippen LogP contribution in [0, 0.1) is 0 Å². The molecule has 2 aromatic carbocycles. The van der Waals surface area contributed by atoms with Crippen LogP contribution in [0.25, 0.3) is 11.3 Å². The first-order valence-corrected chi connectivity index (χ1v) is 9.89. The number of hydrogen-bond donors (Lipinski definition) is 2. The fourth-order valence-corrected chi connectivity index (χ4v) is 3.74. The number of benzene rings is 2. The average molecular weight is 393 g/mol. The van der Waals surface area contributed by atoms with Crippen molar-refractivity contribution in [3.8, 4) is 17.0 Å². The Morgan fingerprint density at radius 3 is 2.86 bits per heavy atom. The van der Waals surface area contributed by atoms with Crippen molar-refractivity contribution in [2.45, 2.75) is 19.8 Å². The maximum atomic E-state index is 12.3. The number of aryl methyl sites for hydroxylation is 1. The molecule has 1 aliphatic rings. The highest BCUT2D eigenvalue weighted by Gasteiger charge is 2.17. The minimum absolute atomic E-state index is 0.0312. The summed E-state index contributed by atoms with van der Waals surface area (Å²) in [6.45, 7) is 2.13. The van der Waals surface area contributed by atoms with E-state index in [2.05, 4.69) is 22.5 Å². The number of nitrogens with zero attached hydrogens (tertiary/aromatic N) is 1. The second-order valence-electron chi connectivity index (χ2n) is 6.45. The molecule has 0 aliphatic carbocycles. The number of nitrogens with one attached hydrogen (secondary N) is 2. The monoisotopic (exact) mass is 393 g/mol. The number of amides is 2. The Labute approximate surface area is 166 Å². The number of aromatic nitrogens is 1. The molecule has 4 rings (SSSR count). The van der Waals surface area contributed by atoms with Gasteiger partial charge < -0.3 is 15.4 Å². The van der Waals surface area contributed by atoms with Gasteiger partial charge in [-0.25, -0.2) is 4.98 Å². The fraction of sp³-hybridized carbons (Fsp3) is 0.190. The van der Waals surface area contributed by atoms with Crippen LogP contribution in [0.5, 0.6) is 5.75 Å². The first kappa shape index (κ1) is 18.2. The van der Waals surface area contributed by atoms with Gasteiger partial charge in [0.05, 0.1) is 17.8 Å². The average Bonchev–Trinajstić information content (AvgIpc) is 3.16. The van der Waals surface area contributed by atoms with E-state index in [-0.39, 0.29) is 24.8 Å². The Kier molecular flexibility index (Phi) is 5.08. The summed E-state index contributed by atoms with van der Waals surface area (Å²) < 4.78 is 5.37. The maximum absolute atomic E-state index is 12.3. The van der Waals surface area contributed by atoms with E-state index >= 15 is 0 Å². The molecule has 142 valence electrons. The van der Waals surface area contributed by atoms with E-state index in [1.165, 1.54) is 16.9 Å². The van der Waals surface area contributed by atoms with E-state index in [4.69, 9.17) is 4.74 Å². The molecule has 0 unspecified atom stereocenters. The molecule has 0 bridgehead atoms. The van der Waals surface area contributed by atoms with Crippen molar-refractivity contribution in [2.75, 3.05) is 17.2 Å². The van der Waals surface area contributed by atoms with E-state index in [1.54, 1.807) is 0 Å². The molecule has 0 spiro atoms. The topological polar surface area (TPSA) is 80.3 Å². The van der Waals surface area contributed by atoms with Crippen LogP contribution < -0.4 is 15.4 Å². The summed E-state index contributed by atoms with van der Waals surface area (Å²) in [4.78, 5) is 28.4. The van der Waals surface area contributed by atoms with E-state index in [1.807, 2.05) is 47.8 Å². The van der Waals surface area contributed by atoms with Crippen LogP contribution in [0.1, 0.15) is 17.5 Å². The number of hydrogen-bond acceptors (Lipinski definition) is 5. The fourth-order valence-electron chi connectivity index (χ4n) is 2.93. The van der Waals surface area contributed by atoms with E-state index in [0.29, 0.717) is 11.4 Å². The summed E-state index contributed by atoms with van der Waals surface area (Å²) in [6.07, 6.45) is 1.18. The molecular weight excluding hydrogens is 374 g/mol. The number of ether oxygens (including phenoxy) is 1. The molecule has 1 aromatic heterocycles. The normalized spacial score (nSPS) is 12.7. The van der Waals surface area contributed by atoms with Gasteiger partial charge in [0.1, 0.15) is 10.8 Å². The number of fused-ring (bicyclic) bond motifs is 1. The molecule has 2 amide bonds. The number of anilines is 2. The van der Waals surface area contributed by atoms with Crippen molar-refractivity contribution in [2.24, 2.45) is 0 Å². The largest absolute Gasteiger partial charge is 0.482 e. The van der Waals surface area contributed by atoms with Gasteiger partial charge in [-0.1, -0.05) is 19.1 Å². The lowest BCUT2D eigenvalue weighted by molar-refractivity contribution is -0.118. The van der Waals surface area contributed by atoms with Crippen LogP contribution in [-0.2, 0) is 22.4 Å². The SMILES string of the molecule is CCc1ccc(NC(=O)Cc2nc(-c3ccc4c(c3)NC(=O)CO4)cs2)cc1. The summed E-state index contributed by atoms with van der Waals surface area (Å²) in [7, 11) is 0. The van der Waals surface area contributed by atoms with Crippen molar-refractivity contribution in [1.29, 1.82) is 0 Å². The molecule has 28 heavy (non-hydrogen) atoms. The second-order valence-corrected chi connectivity index (χ2v) is 7.39. The van der Waals surface area contributed by atoms with Crippen molar-refractivity contribution in [1.82, 2.24) is 4.98 Å². The number of thiazole rings is 1. The summed E-state index contributed by atoms with van der Waals surface area (Å²) in [5, 5.41) is 8.33. The highest BCUT2D eigenvalue weighted by molar-refractivity contribution is 7.10. The zero-order valence-corrected chi connectivity index (χ0v) is 16.1. The Bertz CT molecular complexity index is 1030. The molecule has 0 fully saturated rings. The Balaban J connectivity index is 1.43. The lowest BCUT2D eigenvalue weighted by atomic mass is 10.1. The Morgan fingerprint density at radius 2 is 2.07 bits per heavy atom. The van der Waals surface area contributed by atoms with Gasteiger partial charge in [0.2, 0.25) is 5.91 Å². The predicted octanol–water partition coefficient (Wildman–Crippen LogP) is 3.88. The Hall–Kier alpha value is -3.19. The molecule has 0 radical (unpaired) electrons. The van der Waals surface area contributed by atoms with E-state index in [9.17, 15) is 9.59 Å². The molecule has 0 saturated carbocycles. The lowest BCUT2D eigenvalue weighted by Gasteiger charge is -2.18. The number of carbonyl (C=O) groups is 2. The molecule has 0 atom stereocenters. The van der Waals surface area contributed by atoms with Crippen molar-refractivity contribution in [3.63, 3.8) is 0 Å². The molecule has 6 nitrogen and oxygen atoms in total. The van der Waals surface area contributed by atoms with Crippen LogP contribution >= 0.6 is 11.3 Å². The number of carbonyl (C=O) groups excluding carboxylic acids is 2. The zero-order chi connectivity index (χ0) is 19.5. The standard InChI is InChI=1S/C21H19N3O3S/c1-2-13-3-6-15(7-4-13)22-19(25)10-21-24-17(12-28-21)14-5-8-18-16(9-14)23-20(26)11-27-18/h3-9,12H,2,10-11H2,1H3,(H,22,25)(H,23,26). The first-order valence-electron chi connectivity index (χ1n) is 9.01. The second kappa shape index (κ2) is 7.82. The summed E-state index contributed by atoms with van der Waals surface area (Å²) in [6, 6.07) is 13.4. The van der Waals surface area contributed by atoms with E-state index < -0.39 is 0 Å². The quantitative estimate of drug-likeness (QED) is 0.689. The zero-order valence-electron chi connectivity index (χ0n) is 15.3. The molecule has 3 aromatic rings. The lowest BCUT2D eigenvalue weighted by Crippen LogP contribution is -2.25.